The molecule has 0 amide bonds. The molecule has 2 aromatic rings. The van der Waals surface area contributed by atoms with Crippen molar-refractivity contribution < 1.29 is 4.74 Å². The van der Waals surface area contributed by atoms with E-state index in [-0.39, 0.29) is 0 Å². The number of anilines is 1. The van der Waals surface area contributed by atoms with E-state index in [9.17, 15) is 0 Å². The molecule has 1 aliphatic heterocycles. The Morgan fingerprint density at radius 1 is 1.27 bits per heavy atom. The van der Waals surface area contributed by atoms with Gasteiger partial charge in [-0.05, 0) is 44.6 Å². The maximum Gasteiger partial charge on any atom is 0.215 e. The predicted molar refractivity (Wildman–Crippen MR) is 104 cm³/mol. The minimum Gasteiger partial charge on any atom is -0.481 e. The van der Waals surface area contributed by atoms with Gasteiger partial charge in [0.15, 0.2) is 0 Å². The Morgan fingerprint density at radius 3 is 2.88 bits per heavy atom. The van der Waals surface area contributed by atoms with Gasteiger partial charge in [-0.3, -0.25) is 0 Å². The number of nitrogens with one attached hydrogen (secondary N) is 1. The zero-order valence-corrected chi connectivity index (χ0v) is 15.8. The zero-order valence-electron chi connectivity index (χ0n) is 15.8. The van der Waals surface area contributed by atoms with E-state index in [0.29, 0.717) is 5.88 Å². The van der Waals surface area contributed by atoms with E-state index >= 15 is 0 Å². The SMILES string of the molecule is COc1cc2c(cn1)=C1C(=CCc3c(C)ccc(NCCN(C)C)c31)N=2. The molecule has 0 fully saturated rings. The van der Waals surface area contributed by atoms with Gasteiger partial charge in [0.1, 0.15) is 0 Å². The van der Waals surface area contributed by atoms with Gasteiger partial charge in [-0.1, -0.05) is 12.1 Å². The summed E-state index contributed by atoms with van der Waals surface area (Å²) in [7, 11) is 5.81. The largest absolute Gasteiger partial charge is 0.481 e. The normalized spacial score (nSPS) is 14.3. The number of nitrogens with zero attached hydrogens (tertiary/aromatic N) is 3. The van der Waals surface area contributed by atoms with Crippen LogP contribution in [-0.4, -0.2) is 44.2 Å². The molecule has 0 radical (unpaired) electrons. The second kappa shape index (κ2) is 6.57. The quantitative estimate of drug-likeness (QED) is 0.893. The molecule has 1 aliphatic carbocycles. The Kier molecular flexibility index (Phi) is 4.24. The average molecular weight is 348 g/mol. The number of hydrogen-bond acceptors (Lipinski definition) is 5. The van der Waals surface area contributed by atoms with E-state index in [1.165, 1.54) is 28.0 Å². The van der Waals surface area contributed by atoms with E-state index in [1.54, 1.807) is 7.11 Å². The smallest absolute Gasteiger partial charge is 0.215 e. The summed E-state index contributed by atoms with van der Waals surface area (Å²) in [4.78, 5) is 11.4. The van der Waals surface area contributed by atoms with Crippen LogP contribution in [0.2, 0.25) is 0 Å². The molecule has 1 aromatic carbocycles. The third-order valence-electron chi connectivity index (χ3n) is 5.00. The van der Waals surface area contributed by atoms with Crippen molar-refractivity contribution in [2.45, 2.75) is 13.3 Å². The fourth-order valence-corrected chi connectivity index (χ4v) is 3.62. The van der Waals surface area contributed by atoms with Crippen molar-refractivity contribution in [3.63, 3.8) is 0 Å². The molecule has 2 aliphatic rings. The number of hydrogen-bond donors (Lipinski definition) is 1. The Hall–Kier alpha value is -2.66. The van der Waals surface area contributed by atoms with E-state index in [2.05, 4.69) is 54.4 Å². The second-order valence-corrected chi connectivity index (χ2v) is 7.04. The lowest BCUT2D eigenvalue weighted by Crippen LogP contribution is -2.26. The number of rotatable bonds is 5. The highest BCUT2D eigenvalue weighted by Gasteiger charge is 2.25. The van der Waals surface area contributed by atoms with Crippen molar-refractivity contribution in [1.82, 2.24) is 9.88 Å². The van der Waals surface area contributed by atoms with Gasteiger partial charge in [0, 0.05) is 47.4 Å². The average Bonchev–Trinajstić information content (AvgIpc) is 3.00. The Labute approximate surface area is 153 Å². The number of fused-ring (bicyclic) bond motifs is 4. The van der Waals surface area contributed by atoms with Gasteiger partial charge in [0.2, 0.25) is 5.88 Å². The van der Waals surface area contributed by atoms with Gasteiger partial charge in [-0.15, -0.1) is 0 Å². The summed E-state index contributed by atoms with van der Waals surface area (Å²) in [5.41, 5.74) is 7.37. The van der Waals surface area contributed by atoms with Crippen molar-refractivity contribution in [1.29, 1.82) is 0 Å². The fraction of sp³-hybridized carbons (Fsp3) is 0.333. The first kappa shape index (κ1) is 16.8. The molecule has 0 saturated carbocycles. The van der Waals surface area contributed by atoms with Crippen LogP contribution in [0.3, 0.4) is 0 Å². The number of likely N-dealkylation sites (N-methyl/N-ethyl adjacent to an activating group) is 1. The molecule has 2 heterocycles. The minimum absolute atomic E-state index is 0.598. The highest BCUT2D eigenvalue weighted by atomic mass is 16.5. The molecule has 26 heavy (non-hydrogen) atoms. The van der Waals surface area contributed by atoms with Crippen molar-refractivity contribution in [3.05, 3.63) is 63.4 Å². The first-order valence-electron chi connectivity index (χ1n) is 8.93. The molecule has 5 heteroatoms. The maximum atomic E-state index is 5.26. The minimum atomic E-state index is 0.598. The number of benzene rings is 1. The third kappa shape index (κ3) is 2.78. The topological polar surface area (TPSA) is 49.8 Å². The first-order chi connectivity index (χ1) is 12.6. The molecule has 0 saturated heterocycles. The van der Waals surface area contributed by atoms with Crippen LogP contribution in [0, 0.1) is 6.92 Å². The molecule has 0 atom stereocenters. The van der Waals surface area contributed by atoms with Crippen molar-refractivity contribution >= 4 is 11.3 Å². The van der Waals surface area contributed by atoms with Crippen LogP contribution in [0.5, 0.6) is 5.88 Å². The summed E-state index contributed by atoms with van der Waals surface area (Å²) < 4.78 is 5.26. The summed E-state index contributed by atoms with van der Waals surface area (Å²) in [6.07, 6.45) is 5.01. The molecular weight excluding hydrogens is 324 g/mol. The maximum absolute atomic E-state index is 5.26. The van der Waals surface area contributed by atoms with Crippen LogP contribution < -0.4 is 20.6 Å². The van der Waals surface area contributed by atoms with Crippen molar-refractivity contribution in [2.24, 2.45) is 4.99 Å². The Morgan fingerprint density at radius 2 is 2.12 bits per heavy atom. The number of ether oxygens (including phenoxy) is 1. The van der Waals surface area contributed by atoms with E-state index in [0.717, 1.165) is 35.8 Å². The number of allylic oxidation sites excluding steroid dienone is 2. The Bertz CT molecular complexity index is 1020. The Balaban J connectivity index is 1.88. The van der Waals surface area contributed by atoms with Crippen LogP contribution in [0.1, 0.15) is 16.7 Å². The summed E-state index contributed by atoms with van der Waals surface area (Å²) in [6, 6.07) is 6.31. The summed E-state index contributed by atoms with van der Waals surface area (Å²) in [5.74, 6) is 0.598. The molecular formula is C21H24N4O. The number of aromatic nitrogens is 1. The van der Waals surface area contributed by atoms with Gasteiger partial charge in [-0.2, -0.15) is 0 Å². The van der Waals surface area contributed by atoms with Crippen LogP contribution in [0.25, 0.3) is 5.57 Å². The number of aryl methyl sites for hydroxylation is 1. The predicted octanol–water partition coefficient (Wildman–Crippen LogP) is 1.64. The summed E-state index contributed by atoms with van der Waals surface area (Å²) in [6.45, 7) is 4.07. The molecule has 4 rings (SSSR count). The van der Waals surface area contributed by atoms with Crippen LogP contribution in [-0.2, 0) is 6.42 Å². The molecule has 0 spiro atoms. The van der Waals surface area contributed by atoms with E-state index in [4.69, 9.17) is 9.73 Å². The van der Waals surface area contributed by atoms with Crippen molar-refractivity contribution in [2.75, 3.05) is 39.6 Å². The fourth-order valence-electron chi connectivity index (χ4n) is 3.62. The third-order valence-corrected chi connectivity index (χ3v) is 5.00. The molecule has 5 nitrogen and oxygen atoms in total. The number of methoxy groups -OCH3 is 1. The van der Waals surface area contributed by atoms with E-state index < -0.39 is 0 Å². The molecule has 0 bridgehead atoms. The van der Waals surface area contributed by atoms with Crippen LogP contribution >= 0.6 is 0 Å². The van der Waals surface area contributed by atoms with Crippen molar-refractivity contribution in [3.8, 4) is 5.88 Å². The zero-order chi connectivity index (χ0) is 18.3. The standard InChI is InChI=1S/C21H24N4O/c1-13-5-7-16(22-9-10-25(2)3)20-14(13)6-8-17-21(20)15-12-23-19(26-4)11-18(15)24-17/h5,7-8,11-12,22H,6,9-10H2,1-4H3. The molecule has 134 valence electrons. The molecule has 1 aromatic heterocycles. The first-order valence-corrected chi connectivity index (χ1v) is 8.93. The lowest BCUT2D eigenvalue weighted by molar-refractivity contribution is 0.397. The van der Waals surface area contributed by atoms with Gasteiger partial charge in [0.25, 0.3) is 0 Å². The van der Waals surface area contributed by atoms with Crippen LogP contribution in [0.4, 0.5) is 5.69 Å². The van der Waals surface area contributed by atoms with Gasteiger partial charge in [-0.25, -0.2) is 9.98 Å². The van der Waals surface area contributed by atoms with Gasteiger partial charge in [0.05, 0.1) is 18.2 Å². The summed E-state index contributed by atoms with van der Waals surface area (Å²) in [5, 5.41) is 5.64. The van der Waals surface area contributed by atoms with Gasteiger partial charge < -0.3 is 15.0 Å². The monoisotopic (exact) mass is 348 g/mol. The van der Waals surface area contributed by atoms with Gasteiger partial charge >= 0.3 is 0 Å². The highest BCUT2D eigenvalue weighted by Crippen LogP contribution is 2.38. The summed E-state index contributed by atoms with van der Waals surface area (Å²) >= 11 is 0. The highest BCUT2D eigenvalue weighted by molar-refractivity contribution is 5.90. The van der Waals surface area contributed by atoms with Crippen LogP contribution in [0.15, 0.2) is 41.2 Å². The second-order valence-electron chi connectivity index (χ2n) is 7.04. The molecule has 1 N–H and O–H groups in total. The lowest BCUT2D eigenvalue weighted by atomic mass is 9.86. The lowest BCUT2D eigenvalue weighted by Gasteiger charge is -2.23. The number of pyridine rings is 1. The van der Waals surface area contributed by atoms with E-state index in [1.807, 2.05) is 12.3 Å². The molecule has 0 unspecified atom stereocenters.